The van der Waals surface area contributed by atoms with E-state index in [1.165, 1.54) is 5.56 Å². The third-order valence-corrected chi connectivity index (χ3v) is 5.30. The Balaban J connectivity index is 1.54. The number of carbonyl (C=O) groups is 1. The lowest BCUT2D eigenvalue weighted by Crippen LogP contribution is -2.25. The zero-order chi connectivity index (χ0) is 22.6. The monoisotopic (exact) mass is 419 g/mol. The number of H-pyrrole nitrogens is 1. The molecule has 1 aromatic heterocycles. The molecule has 0 atom stereocenters. The van der Waals surface area contributed by atoms with E-state index in [-0.39, 0.29) is 23.3 Å². The van der Waals surface area contributed by atoms with Gasteiger partial charge in [0.25, 0.3) is 5.91 Å². The van der Waals surface area contributed by atoms with Crippen LogP contribution in [0.15, 0.2) is 53.6 Å². The molecule has 164 valence electrons. The van der Waals surface area contributed by atoms with Gasteiger partial charge in [0, 0.05) is 22.2 Å². The summed E-state index contributed by atoms with van der Waals surface area (Å²) in [4.78, 5) is 15.4. The first-order chi connectivity index (χ1) is 14.5. The van der Waals surface area contributed by atoms with Crippen LogP contribution in [0.3, 0.4) is 0 Å². The molecule has 3 aromatic rings. The van der Waals surface area contributed by atoms with Gasteiger partial charge in [-0.3, -0.25) is 4.79 Å². The lowest BCUT2D eigenvalue weighted by atomic mass is 9.72. The number of aryl methyl sites for hydroxylation is 1. The van der Waals surface area contributed by atoms with Gasteiger partial charge >= 0.3 is 0 Å². The summed E-state index contributed by atoms with van der Waals surface area (Å²) in [5, 5.41) is 5.17. The van der Waals surface area contributed by atoms with Crippen molar-refractivity contribution in [3.8, 4) is 5.75 Å². The lowest BCUT2D eigenvalue weighted by molar-refractivity contribution is -0.123. The molecule has 31 heavy (non-hydrogen) atoms. The Hall–Kier alpha value is -3.08. The molecule has 0 fully saturated rings. The minimum Gasteiger partial charge on any atom is -0.484 e. The van der Waals surface area contributed by atoms with Crippen molar-refractivity contribution in [3.05, 3.63) is 65.4 Å². The van der Waals surface area contributed by atoms with E-state index in [4.69, 9.17) is 4.74 Å². The molecule has 0 spiro atoms. The molecular weight excluding hydrogens is 386 g/mol. The molecule has 0 aliphatic heterocycles. The second-order valence-electron chi connectivity index (χ2n) is 9.94. The molecular formula is C26H33N3O2. The van der Waals surface area contributed by atoms with Crippen LogP contribution in [0.5, 0.6) is 5.75 Å². The molecule has 0 saturated carbocycles. The van der Waals surface area contributed by atoms with Crippen LogP contribution in [0.1, 0.15) is 57.9 Å². The number of hydrogen-bond acceptors (Lipinski definition) is 3. The number of nitrogens with zero attached hydrogens (tertiary/aromatic N) is 1. The summed E-state index contributed by atoms with van der Waals surface area (Å²) < 4.78 is 5.63. The summed E-state index contributed by atoms with van der Waals surface area (Å²) in [6.07, 6.45) is 2.74. The number of benzene rings is 2. The second-order valence-corrected chi connectivity index (χ2v) is 9.94. The fourth-order valence-corrected chi connectivity index (χ4v) is 4.24. The Labute approximate surface area is 184 Å². The third-order valence-electron chi connectivity index (χ3n) is 5.30. The number of rotatable bonds is 7. The topological polar surface area (TPSA) is 66.5 Å². The number of aromatic nitrogens is 1. The van der Waals surface area contributed by atoms with Gasteiger partial charge in [-0.05, 0) is 47.9 Å². The quantitative estimate of drug-likeness (QED) is 0.380. The zero-order valence-corrected chi connectivity index (χ0v) is 19.4. The van der Waals surface area contributed by atoms with Crippen molar-refractivity contribution in [1.29, 1.82) is 0 Å². The van der Waals surface area contributed by atoms with Crippen molar-refractivity contribution in [2.24, 2.45) is 10.5 Å². The molecule has 2 N–H and O–H groups in total. The fraction of sp³-hybridized carbons (Fsp3) is 0.385. The average molecular weight is 420 g/mol. The third kappa shape index (κ3) is 5.97. The van der Waals surface area contributed by atoms with Gasteiger partial charge in [-0.15, -0.1) is 0 Å². The number of fused-ring (bicyclic) bond motifs is 1. The number of hydrogen-bond donors (Lipinski definition) is 2. The van der Waals surface area contributed by atoms with Gasteiger partial charge < -0.3 is 9.72 Å². The molecule has 1 heterocycles. The van der Waals surface area contributed by atoms with E-state index < -0.39 is 0 Å². The normalized spacial score (nSPS) is 12.5. The van der Waals surface area contributed by atoms with Crippen LogP contribution in [0.4, 0.5) is 0 Å². The first-order valence-electron chi connectivity index (χ1n) is 10.7. The van der Waals surface area contributed by atoms with E-state index in [2.05, 4.69) is 62.3 Å². The van der Waals surface area contributed by atoms with Gasteiger partial charge in [0.15, 0.2) is 6.61 Å². The molecule has 0 unspecified atom stereocenters. The smallest absolute Gasteiger partial charge is 0.277 e. The first-order valence-corrected chi connectivity index (χ1v) is 10.7. The predicted molar refractivity (Wildman–Crippen MR) is 128 cm³/mol. The Morgan fingerprint density at radius 3 is 2.42 bits per heavy atom. The fourth-order valence-electron chi connectivity index (χ4n) is 4.24. The SMILES string of the molecule is Cc1[nH]c2ccccc2c1C=NNC(=O)COc1ccc(C(C)(C)CC(C)(C)C)cc1. The van der Waals surface area contributed by atoms with E-state index in [0.29, 0.717) is 5.75 Å². The minimum atomic E-state index is -0.300. The molecule has 5 heteroatoms. The van der Waals surface area contributed by atoms with E-state index in [1.54, 1.807) is 6.21 Å². The summed E-state index contributed by atoms with van der Waals surface area (Å²) in [7, 11) is 0. The van der Waals surface area contributed by atoms with Crippen molar-refractivity contribution in [1.82, 2.24) is 10.4 Å². The van der Waals surface area contributed by atoms with Crippen LogP contribution in [-0.2, 0) is 10.2 Å². The molecule has 0 saturated heterocycles. The Morgan fingerprint density at radius 1 is 1.06 bits per heavy atom. The Kier molecular flexibility index (Phi) is 6.54. The van der Waals surface area contributed by atoms with Crippen molar-refractivity contribution in [2.75, 3.05) is 6.61 Å². The molecule has 1 amide bonds. The largest absolute Gasteiger partial charge is 0.484 e. The highest BCUT2D eigenvalue weighted by Gasteiger charge is 2.27. The molecule has 5 nitrogen and oxygen atoms in total. The lowest BCUT2D eigenvalue weighted by Gasteiger charge is -2.33. The number of amides is 1. The predicted octanol–water partition coefficient (Wildman–Crippen LogP) is 5.72. The van der Waals surface area contributed by atoms with E-state index >= 15 is 0 Å². The highest BCUT2D eigenvalue weighted by molar-refractivity contribution is 6.00. The maximum atomic E-state index is 12.1. The van der Waals surface area contributed by atoms with Crippen LogP contribution in [-0.4, -0.2) is 23.7 Å². The second kappa shape index (κ2) is 8.96. The first kappa shape index (κ1) is 22.6. The van der Waals surface area contributed by atoms with Crippen molar-refractivity contribution >= 4 is 23.0 Å². The van der Waals surface area contributed by atoms with Crippen LogP contribution in [0, 0.1) is 12.3 Å². The highest BCUT2D eigenvalue weighted by atomic mass is 16.5. The van der Waals surface area contributed by atoms with Crippen LogP contribution >= 0.6 is 0 Å². The Bertz CT molecular complexity index is 1070. The van der Waals surface area contributed by atoms with Gasteiger partial charge in [0.1, 0.15) is 5.75 Å². The maximum Gasteiger partial charge on any atom is 0.277 e. The molecule has 0 aliphatic carbocycles. The summed E-state index contributed by atoms with van der Waals surface area (Å²) >= 11 is 0. The van der Waals surface area contributed by atoms with Gasteiger partial charge in [-0.2, -0.15) is 5.10 Å². The molecule has 0 aliphatic rings. The van der Waals surface area contributed by atoms with Gasteiger partial charge in [0.2, 0.25) is 0 Å². The van der Waals surface area contributed by atoms with E-state index in [1.807, 2.05) is 43.3 Å². The molecule has 3 rings (SSSR count). The molecule has 0 radical (unpaired) electrons. The molecule has 0 bridgehead atoms. The number of hydrazone groups is 1. The van der Waals surface area contributed by atoms with Crippen molar-refractivity contribution < 1.29 is 9.53 Å². The van der Waals surface area contributed by atoms with Crippen LogP contribution in [0.2, 0.25) is 0 Å². The van der Waals surface area contributed by atoms with Crippen LogP contribution in [0.25, 0.3) is 10.9 Å². The highest BCUT2D eigenvalue weighted by Crippen LogP contribution is 2.36. The number of para-hydroxylation sites is 1. The van der Waals surface area contributed by atoms with Crippen LogP contribution < -0.4 is 10.2 Å². The van der Waals surface area contributed by atoms with Crippen molar-refractivity contribution in [3.63, 3.8) is 0 Å². The van der Waals surface area contributed by atoms with Gasteiger partial charge in [-0.1, -0.05) is 65.0 Å². The van der Waals surface area contributed by atoms with Crippen molar-refractivity contribution in [2.45, 2.75) is 53.4 Å². The zero-order valence-electron chi connectivity index (χ0n) is 19.4. The number of aromatic amines is 1. The summed E-state index contributed by atoms with van der Waals surface area (Å²) in [6.45, 7) is 13.2. The standard InChI is InChI=1S/C26H33N3O2/c1-18-22(21-9-7-8-10-23(21)28-18)15-27-29-24(30)16-31-20-13-11-19(12-14-20)26(5,6)17-25(2,3)4/h7-15,28H,16-17H2,1-6H3,(H,29,30). The Morgan fingerprint density at radius 2 is 1.74 bits per heavy atom. The van der Waals surface area contributed by atoms with E-state index in [9.17, 15) is 4.79 Å². The number of ether oxygens (including phenoxy) is 1. The maximum absolute atomic E-state index is 12.1. The van der Waals surface area contributed by atoms with E-state index in [0.717, 1.165) is 28.6 Å². The summed E-state index contributed by atoms with van der Waals surface area (Å²) in [6, 6.07) is 16.0. The molecule has 2 aromatic carbocycles. The average Bonchev–Trinajstić information content (AvgIpc) is 3.00. The van der Waals surface area contributed by atoms with Gasteiger partial charge in [0.05, 0.1) is 6.21 Å². The number of nitrogens with one attached hydrogen (secondary N) is 2. The number of carbonyl (C=O) groups excluding carboxylic acids is 1. The summed E-state index contributed by atoms with van der Waals surface area (Å²) in [5.74, 6) is 0.368. The summed E-state index contributed by atoms with van der Waals surface area (Å²) in [5.41, 5.74) is 7.14. The van der Waals surface area contributed by atoms with Gasteiger partial charge in [-0.25, -0.2) is 5.43 Å². The minimum absolute atomic E-state index is 0.0728.